The maximum Gasteiger partial charge on any atom is 0.343 e. The van der Waals surface area contributed by atoms with E-state index in [1.165, 1.54) is 13.2 Å². The van der Waals surface area contributed by atoms with Gasteiger partial charge in [0.05, 0.1) is 13.7 Å². The van der Waals surface area contributed by atoms with Crippen LogP contribution in [-0.4, -0.2) is 25.7 Å². The van der Waals surface area contributed by atoms with Crippen LogP contribution in [0.3, 0.4) is 0 Å². The largest absolute Gasteiger partial charge is 0.463 e. The van der Waals surface area contributed by atoms with Crippen molar-refractivity contribution in [3.8, 4) is 0 Å². The van der Waals surface area contributed by atoms with Crippen LogP contribution in [0.15, 0.2) is 30.3 Å². The van der Waals surface area contributed by atoms with Gasteiger partial charge in [-0.05, 0) is 24.6 Å². The summed E-state index contributed by atoms with van der Waals surface area (Å²) >= 11 is 0. The predicted molar refractivity (Wildman–Crippen MR) is 71.3 cm³/mol. The van der Waals surface area contributed by atoms with Crippen molar-refractivity contribution in [2.45, 2.75) is 6.92 Å². The van der Waals surface area contributed by atoms with E-state index in [0.717, 1.165) is 0 Å². The van der Waals surface area contributed by atoms with Crippen LogP contribution in [0.25, 0.3) is 6.08 Å². The topological polar surface area (TPSA) is 76.7 Å². The van der Waals surface area contributed by atoms with Crippen molar-refractivity contribution in [2.75, 3.05) is 19.0 Å². The van der Waals surface area contributed by atoms with E-state index in [1.54, 1.807) is 37.3 Å². The molecule has 19 heavy (non-hydrogen) atoms. The monoisotopic (exact) mass is 264 g/mol. The lowest BCUT2D eigenvalue weighted by atomic mass is 10.1. The third-order valence-electron chi connectivity index (χ3n) is 2.09. The van der Waals surface area contributed by atoms with E-state index in [4.69, 9.17) is 4.74 Å². The first kappa shape index (κ1) is 14.7. The van der Waals surface area contributed by atoms with E-state index in [2.05, 4.69) is 15.6 Å². The molecule has 1 rings (SSSR count). The van der Waals surface area contributed by atoms with Crippen molar-refractivity contribution < 1.29 is 19.2 Å². The van der Waals surface area contributed by atoms with Crippen LogP contribution in [-0.2, 0) is 14.4 Å². The fourth-order valence-electron chi connectivity index (χ4n) is 1.34. The number of rotatable bonds is 5. The van der Waals surface area contributed by atoms with Gasteiger partial charge in [0.1, 0.15) is 0 Å². The zero-order valence-corrected chi connectivity index (χ0v) is 10.8. The number of anilines is 1. The lowest BCUT2D eigenvalue weighted by Gasteiger charge is -2.08. The van der Waals surface area contributed by atoms with Gasteiger partial charge in [0.2, 0.25) is 0 Å². The molecule has 1 aromatic carbocycles. The van der Waals surface area contributed by atoms with Gasteiger partial charge in [-0.25, -0.2) is 15.1 Å². The highest BCUT2D eigenvalue weighted by Crippen LogP contribution is 2.16. The number of urea groups is 1. The average Bonchev–Trinajstić information content (AvgIpc) is 2.38. The standard InChI is InChI=1S/C13H16N2O4/c1-3-19-12(16)9-8-10-6-4-5-7-11(10)14-13(17)15-18-2/h4-9H,3H2,1-2H3,(H2,14,15,17)/b9-8+. The number of nitrogens with one attached hydrogen (secondary N) is 2. The van der Waals surface area contributed by atoms with Crippen molar-refractivity contribution in [3.63, 3.8) is 0 Å². The molecule has 0 aliphatic rings. The number of hydrogen-bond donors (Lipinski definition) is 2. The number of esters is 1. The van der Waals surface area contributed by atoms with Crippen molar-refractivity contribution in [1.82, 2.24) is 5.48 Å². The van der Waals surface area contributed by atoms with Crippen molar-refractivity contribution in [2.24, 2.45) is 0 Å². The fraction of sp³-hybridized carbons (Fsp3) is 0.231. The van der Waals surface area contributed by atoms with Gasteiger partial charge in [0, 0.05) is 11.8 Å². The third kappa shape index (κ3) is 5.22. The highest BCUT2D eigenvalue weighted by Gasteiger charge is 2.04. The van der Waals surface area contributed by atoms with Crippen molar-refractivity contribution in [3.05, 3.63) is 35.9 Å². The first-order chi connectivity index (χ1) is 9.17. The minimum absolute atomic E-state index is 0.319. The first-order valence-corrected chi connectivity index (χ1v) is 5.71. The van der Waals surface area contributed by atoms with Gasteiger partial charge in [-0.3, -0.25) is 4.84 Å². The van der Waals surface area contributed by atoms with Crippen molar-refractivity contribution in [1.29, 1.82) is 0 Å². The third-order valence-corrected chi connectivity index (χ3v) is 2.09. The number of hydrogen-bond acceptors (Lipinski definition) is 4. The van der Waals surface area contributed by atoms with Crippen molar-refractivity contribution >= 4 is 23.8 Å². The first-order valence-electron chi connectivity index (χ1n) is 5.71. The van der Waals surface area contributed by atoms with Gasteiger partial charge in [-0.1, -0.05) is 18.2 Å². The molecule has 0 saturated carbocycles. The SMILES string of the molecule is CCOC(=O)/C=C/c1ccccc1NC(=O)NOC. The highest BCUT2D eigenvalue weighted by atomic mass is 16.6. The Balaban J connectivity index is 2.78. The summed E-state index contributed by atoms with van der Waals surface area (Å²) in [5.74, 6) is -0.432. The van der Waals surface area contributed by atoms with Gasteiger partial charge >= 0.3 is 12.0 Å². The normalized spacial score (nSPS) is 10.2. The molecule has 0 heterocycles. The summed E-state index contributed by atoms with van der Waals surface area (Å²) in [5, 5.41) is 2.59. The molecule has 6 heteroatoms. The summed E-state index contributed by atoms with van der Waals surface area (Å²) in [4.78, 5) is 27.1. The number of benzene rings is 1. The van der Waals surface area contributed by atoms with Crippen LogP contribution in [0.1, 0.15) is 12.5 Å². The molecule has 0 spiro atoms. The summed E-state index contributed by atoms with van der Waals surface area (Å²) in [6, 6.07) is 6.53. The molecule has 0 aliphatic carbocycles. The second-order valence-electron chi connectivity index (χ2n) is 3.43. The van der Waals surface area contributed by atoms with Gasteiger partial charge in [0.25, 0.3) is 0 Å². The van der Waals surface area contributed by atoms with Gasteiger partial charge in [-0.2, -0.15) is 0 Å². The second-order valence-corrected chi connectivity index (χ2v) is 3.43. The minimum atomic E-state index is -0.500. The van der Waals surface area contributed by atoms with Crippen LogP contribution < -0.4 is 10.8 Å². The summed E-state index contributed by atoms with van der Waals surface area (Å²) in [7, 11) is 1.34. The summed E-state index contributed by atoms with van der Waals surface area (Å²) in [6.45, 7) is 2.05. The Bertz CT molecular complexity index is 471. The highest BCUT2D eigenvalue weighted by molar-refractivity contribution is 5.93. The van der Waals surface area contributed by atoms with Gasteiger partial charge in [-0.15, -0.1) is 0 Å². The van der Waals surface area contributed by atoms with Crippen LogP contribution >= 0.6 is 0 Å². The molecular formula is C13H16N2O4. The Kier molecular flexibility index (Phi) is 6.11. The molecule has 0 aliphatic heterocycles. The Morgan fingerprint density at radius 3 is 2.74 bits per heavy atom. The maximum absolute atomic E-state index is 11.3. The average molecular weight is 264 g/mol. The molecule has 2 amide bonds. The van der Waals surface area contributed by atoms with Gasteiger partial charge < -0.3 is 10.1 Å². The molecule has 0 atom stereocenters. The lowest BCUT2D eigenvalue weighted by molar-refractivity contribution is -0.137. The molecule has 102 valence electrons. The molecule has 0 saturated heterocycles. The van der Waals surface area contributed by atoms with E-state index in [1.807, 2.05) is 0 Å². The molecule has 0 unspecified atom stereocenters. The molecule has 2 N–H and O–H groups in total. The summed E-state index contributed by atoms with van der Waals surface area (Å²) in [5.41, 5.74) is 3.38. The smallest absolute Gasteiger partial charge is 0.343 e. The number of carbonyl (C=O) groups is 2. The van der Waals surface area contributed by atoms with E-state index in [9.17, 15) is 9.59 Å². The maximum atomic E-state index is 11.3. The summed E-state index contributed by atoms with van der Waals surface area (Å²) < 4.78 is 4.78. The predicted octanol–water partition coefficient (Wildman–Crippen LogP) is 1.95. The molecule has 6 nitrogen and oxygen atoms in total. The zero-order valence-electron chi connectivity index (χ0n) is 10.8. The Labute approximate surface area is 111 Å². The quantitative estimate of drug-likeness (QED) is 0.484. The number of hydroxylamine groups is 1. The van der Waals surface area contributed by atoms with E-state index < -0.39 is 12.0 Å². The van der Waals surface area contributed by atoms with Crippen LogP contribution in [0.2, 0.25) is 0 Å². The lowest BCUT2D eigenvalue weighted by Crippen LogP contribution is -2.27. The molecular weight excluding hydrogens is 248 g/mol. The Morgan fingerprint density at radius 2 is 2.05 bits per heavy atom. The molecule has 0 fully saturated rings. The van der Waals surface area contributed by atoms with Gasteiger partial charge in [0.15, 0.2) is 0 Å². The molecule has 1 aromatic rings. The molecule has 0 radical (unpaired) electrons. The van der Waals surface area contributed by atoms with Crippen LogP contribution in [0, 0.1) is 0 Å². The Hall–Kier alpha value is -2.34. The zero-order chi connectivity index (χ0) is 14.1. The second kappa shape index (κ2) is 7.88. The van der Waals surface area contributed by atoms with E-state index >= 15 is 0 Å². The van der Waals surface area contributed by atoms with Crippen LogP contribution in [0.5, 0.6) is 0 Å². The van der Waals surface area contributed by atoms with Crippen LogP contribution in [0.4, 0.5) is 10.5 Å². The molecule has 0 aromatic heterocycles. The fourth-order valence-corrected chi connectivity index (χ4v) is 1.34. The minimum Gasteiger partial charge on any atom is -0.463 e. The number of ether oxygens (including phenoxy) is 1. The molecule has 0 bridgehead atoms. The van der Waals surface area contributed by atoms with E-state index in [-0.39, 0.29) is 0 Å². The summed E-state index contributed by atoms with van der Waals surface area (Å²) in [6.07, 6.45) is 2.87. The number of carbonyl (C=O) groups excluding carboxylic acids is 2. The Morgan fingerprint density at radius 1 is 1.32 bits per heavy atom. The van der Waals surface area contributed by atoms with E-state index in [0.29, 0.717) is 17.9 Å². The number of amides is 2. The number of para-hydroxylation sites is 1.